The van der Waals surface area contributed by atoms with Gasteiger partial charge >= 0.3 is 10.4 Å². The van der Waals surface area contributed by atoms with Gasteiger partial charge in [-0.2, -0.15) is 8.42 Å². The number of carbonyl (C=O) groups excluding carboxylic acids is 1. The van der Waals surface area contributed by atoms with Crippen LogP contribution in [0, 0.1) is 5.41 Å². The minimum atomic E-state index is -4.69. The van der Waals surface area contributed by atoms with E-state index in [2.05, 4.69) is 9.44 Å². The zero-order valence-corrected chi connectivity index (χ0v) is 14.5. The molecule has 7 nitrogen and oxygen atoms in total. The molecule has 0 spiro atoms. The minimum absolute atomic E-state index is 0.0733. The molecule has 1 aliphatic rings. The van der Waals surface area contributed by atoms with Crippen molar-refractivity contribution in [3.8, 4) is 0 Å². The fourth-order valence-electron chi connectivity index (χ4n) is 2.25. The average Bonchev–Trinajstić information content (AvgIpc) is 2.41. The highest BCUT2D eigenvalue weighted by atomic mass is 35.5. The first-order valence-electron chi connectivity index (χ1n) is 6.84. The van der Waals surface area contributed by atoms with Crippen molar-refractivity contribution in [2.75, 3.05) is 11.4 Å². The van der Waals surface area contributed by atoms with E-state index in [1.54, 1.807) is 23.1 Å². The van der Waals surface area contributed by atoms with Gasteiger partial charge in [0.15, 0.2) is 0 Å². The van der Waals surface area contributed by atoms with Gasteiger partial charge < -0.3 is 4.90 Å². The first-order chi connectivity index (χ1) is 10.5. The summed E-state index contributed by atoms with van der Waals surface area (Å²) in [7, 11) is -4.69. The number of fused-ring (bicyclic) bond motifs is 1. The van der Waals surface area contributed by atoms with Crippen molar-refractivity contribution in [2.45, 2.75) is 27.2 Å². The lowest BCUT2D eigenvalue weighted by molar-refractivity contribution is -0.125. The van der Waals surface area contributed by atoms with Crippen LogP contribution in [0.25, 0.3) is 0 Å². The quantitative estimate of drug-likeness (QED) is 0.646. The molecule has 2 rings (SSSR count). The summed E-state index contributed by atoms with van der Waals surface area (Å²) in [6, 6.07) is 4.88. The molecule has 0 saturated heterocycles. The highest BCUT2D eigenvalue weighted by Crippen LogP contribution is 2.33. The van der Waals surface area contributed by atoms with Gasteiger partial charge in [-0.25, -0.2) is 4.28 Å². The lowest BCUT2D eigenvalue weighted by Crippen LogP contribution is -2.43. The van der Waals surface area contributed by atoms with E-state index in [-0.39, 0.29) is 18.0 Å². The molecule has 1 N–H and O–H groups in total. The van der Waals surface area contributed by atoms with E-state index < -0.39 is 15.8 Å². The first-order valence-corrected chi connectivity index (χ1v) is 8.58. The van der Waals surface area contributed by atoms with Crippen LogP contribution in [0.5, 0.6) is 0 Å². The van der Waals surface area contributed by atoms with Crippen LogP contribution in [0.4, 0.5) is 5.69 Å². The van der Waals surface area contributed by atoms with Crippen molar-refractivity contribution < 1.29 is 22.0 Å². The maximum atomic E-state index is 12.6. The maximum absolute atomic E-state index is 12.6. The smallest absolute Gasteiger partial charge is 0.311 e. The van der Waals surface area contributed by atoms with Crippen molar-refractivity contribution in [2.24, 2.45) is 10.6 Å². The van der Waals surface area contributed by atoms with Crippen molar-refractivity contribution >= 4 is 39.3 Å². The van der Waals surface area contributed by atoms with Crippen molar-refractivity contribution in [3.63, 3.8) is 0 Å². The monoisotopic (exact) mass is 360 g/mol. The molecular weight excluding hydrogens is 344 g/mol. The normalized spacial score (nSPS) is 17.1. The van der Waals surface area contributed by atoms with Gasteiger partial charge in [-0.3, -0.25) is 9.35 Å². The zero-order valence-electron chi connectivity index (χ0n) is 12.9. The van der Waals surface area contributed by atoms with Crippen molar-refractivity contribution in [1.82, 2.24) is 0 Å². The predicted molar refractivity (Wildman–Crippen MR) is 87.0 cm³/mol. The Morgan fingerprint density at radius 3 is 2.61 bits per heavy atom. The van der Waals surface area contributed by atoms with Crippen LogP contribution < -0.4 is 4.90 Å². The Balaban J connectivity index is 2.48. The zero-order chi connectivity index (χ0) is 17.4. The van der Waals surface area contributed by atoms with E-state index >= 15 is 0 Å². The third-order valence-corrected chi connectivity index (χ3v) is 3.76. The number of amides is 1. The molecule has 0 aromatic heterocycles. The van der Waals surface area contributed by atoms with E-state index in [4.69, 9.17) is 16.2 Å². The van der Waals surface area contributed by atoms with Gasteiger partial charge in [0.1, 0.15) is 0 Å². The Hall–Kier alpha value is -1.64. The summed E-state index contributed by atoms with van der Waals surface area (Å²) in [6.45, 7) is 5.76. The second-order valence-corrected chi connectivity index (χ2v) is 7.60. The molecule has 0 radical (unpaired) electrons. The van der Waals surface area contributed by atoms with Crippen LogP contribution in [0.1, 0.15) is 32.8 Å². The lowest BCUT2D eigenvalue weighted by Gasteiger charge is -2.34. The van der Waals surface area contributed by atoms with Gasteiger partial charge in [0.2, 0.25) is 5.91 Å². The average molecular weight is 361 g/mol. The van der Waals surface area contributed by atoms with Crippen LogP contribution in [-0.4, -0.2) is 31.1 Å². The number of hydrogen-bond donors (Lipinski definition) is 1. The third-order valence-electron chi connectivity index (χ3n) is 3.26. The molecule has 1 aromatic carbocycles. The molecule has 1 aromatic rings. The van der Waals surface area contributed by atoms with E-state index in [0.29, 0.717) is 22.8 Å². The second-order valence-electron chi connectivity index (χ2n) is 6.16. The Morgan fingerprint density at radius 1 is 1.39 bits per heavy atom. The van der Waals surface area contributed by atoms with Crippen molar-refractivity contribution in [3.05, 3.63) is 28.8 Å². The first kappa shape index (κ1) is 17.7. The van der Waals surface area contributed by atoms with E-state index in [1.165, 1.54) is 0 Å². The summed E-state index contributed by atoms with van der Waals surface area (Å²) in [6.07, 6.45) is 0.269. The number of halogens is 1. The molecule has 0 fully saturated rings. The summed E-state index contributed by atoms with van der Waals surface area (Å²) in [5.74, 6) is -0.0733. The third kappa shape index (κ3) is 4.21. The molecule has 23 heavy (non-hydrogen) atoms. The number of oxime groups is 1. The van der Waals surface area contributed by atoms with Crippen LogP contribution in [0.15, 0.2) is 23.4 Å². The van der Waals surface area contributed by atoms with Gasteiger partial charge in [-0.05, 0) is 18.2 Å². The number of benzene rings is 1. The molecule has 9 heteroatoms. The van der Waals surface area contributed by atoms with Gasteiger partial charge in [0.05, 0.1) is 11.4 Å². The Bertz CT molecular complexity index is 768. The van der Waals surface area contributed by atoms with E-state index in [9.17, 15) is 13.2 Å². The summed E-state index contributed by atoms with van der Waals surface area (Å²) >= 11 is 5.98. The van der Waals surface area contributed by atoms with Gasteiger partial charge in [-0.1, -0.05) is 37.5 Å². The number of carbonyl (C=O) groups is 1. The Morgan fingerprint density at radius 2 is 2.04 bits per heavy atom. The molecule has 0 atom stereocenters. The fourth-order valence-corrected chi connectivity index (χ4v) is 2.61. The largest absolute Gasteiger partial charge is 0.466 e. The fraction of sp³-hybridized carbons (Fsp3) is 0.429. The second kappa shape index (κ2) is 6.10. The molecular formula is C14H17ClN2O5S. The molecule has 126 valence electrons. The van der Waals surface area contributed by atoms with Crippen LogP contribution >= 0.6 is 11.6 Å². The molecule has 1 aliphatic heterocycles. The lowest BCUT2D eigenvalue weighted by atomic mass is 9.91. The number of anilines is 1. The van der Waals surface area contributed by atoms with Gasteiger partial charge in [-0.15, -0.1) is 0 Å². The standard InChI is InChI=1S/C14H17ClN2O5S/c1-14(2,3)13(18)17-7-6-11(16-22-23(19,20)21)10-8-9(15)4-5-12(10)17/h4-5,8H,6-7H2,1-3H3,(H,19,20,21)/b16-11-. The molecule has 0 bridgehead atoms. The van der Waals surface area contributed by atoms with Crippen LogP contribution in [0.3, 0.4) is 0 Å². The molecule has 0 unspecified atom stereocenters. The highest BCUT2D eigenvalue weighted by Gasteiger charge is 2.33. The predicted octanol–water partition coefficient (Wildman–Crippen LogP) is 2.65. The van der Waals surface area contributed by atoms with E-state index in [1.807, 2.05) is 20.8 Å². The molecule has 1 amide bonds. The molecule has 1 heterocycles. The van der Waals surface area contributed by atoms with E-state index in [0.717, 1.165) is 0 Å². The molecule has 0 saturated carbocycles. The topological polar surface area (TPSA) is 96.3 Å². The summed E-state index contributed by atoms with van der Waals surface area (Å²) in [5, 5.41) is 3.89. The maximum Gasteiger partial charge on any atom is 0.466 e. The molecule has 0 aliphatic carbocycles. The number of rotatable bonds is 2. The van der Waals surface area contributed by atoms with Gasteiger partial charge in [0, 0.05) is 29.0 Å². The number of hydrogen-bond acceptors (Lipinski definition) is 5. The summed E-state index contributed by atoms with van der Waals surface area (Å²) < 4.78 is 34.1. The van der Waals surface area contributed by atoms with Crippen LogP contribution in [0.2, 0.25) is 5.02 Å². The van der Waals surface area contributed by atoms with Crippen LogP contribution in [-0.2, 0) is 19.5 Å². The summed E-state index contributed by atoms with van der Waals surface area (Å²) in [4.78, 5) is 14.2. The summed E-state index contributed by atoms with van der Waals surface area (Å²) in [5.41, 5.74) is 0.776. The van der Waals surface area contributed by atoms with Gasteiger partial charge in [0.25, 0.3) is 0 Å². The Kier molecular flexibility index (Phi) is 4.70. The van der Waals surface area contributed by atoms with Crippen molar-refractivity contribution in [1.29, 1.82) is 0 Å². The Labute approximate surface area is 139 Å². The minimum Gasteiger partial charge on any atom is -0.311 e. The SMILES string of the molecule is CC(C)(C)C(=O)N1CC/C(=N/OS(=O)(=O)O)c2cc(Cl)ccc21. The number of nitrogens with zero attached hydrogens (tertiary/aromatic N) is 2. The highest BCUT2D eigenvalue weighted by molar-refractivity contribution is 7.80.